The molecule has 0 fully saturated rings. The third-order valence-corrected chi connectivity index (χ3v) is 10.8. The van der Waals surface area contributed by atoms with Crippen molar-refractivity contribution in [2.75, 3.05) is 0 Å². The number of hydrogen-bond donors (Lipinski definition) is 0. The van der Waals surface area contributed by atoms with Gasteiger partial charge in [-0.25, -0.2) is 0 Å². The SMILES string of the molecule is CCCCCCCCCCCCC1(CCCCCCCCCCCC)c2cc(C)ccc2-c2ccc(-c3cccc(C)c3)cc21. The molecule has 246 valence electrons. The molecule has 0 aliphatic heterocycles. The maximum Gasteiger partial charge on any atom is 0.0215 e. The molecule has 0 atom stereocenters. The van der Waals surface area contributed by atoms with E-state index in [1.807, 2.05) is 0 Å². The summed E-state index contributed by atoms with van der Waals surface area (Å²) in [7, 11) is 0. The summed E-state index contributed by atoms with van der Waals surface area (Å²) in [6, 6.07) is 23.9. The number of fused-ring (bicyclic) bond motifs is 3. The van der Waals surface area contributed by atoms with Gasteiger partial charge in [-0.3, -0.25) is 0 Å². The Balaban J connectivity index is 1.48. The zero-order valence-electron chi connectivity index (χ0n) is 29.8. The normalized spacial score (nSPS) is 13.2. The summed E-state index contributed by atoms with van der Waals surface area (Å²) in [5.74, 6) is 0. The molecule has 3 aromatic carbocycles. The molecule has 0 heterocycles. The van der Waals surface area contributed by atoms with E-state index in [1.54, 1.807) is 11.1 Å². The fraction of sp³-hybridized carbons (Fsp3) is 0.600. The zero-order valence-corrected chi connectivity index (χ0v) is 29.8. The molecule has 0 radical (unpaired) electrons. The molecule has 0 N–H and O–H groups in total. The molecule has 1 aliphatic carbocycles. The van der Waals surface area contributed by atoms with Crippen LogP contribution in [0.1, 0.15) is 177 Å². The molecule has 1 aliphatic rings. The molecule has 0 heteroatoms. The summed E-state index contributed by atoms with van der Waals surface area (Å²) in [5.41, 5.74) is 11.9. The molecule has 3 aromatic rings. The van der Waals surface area contributed by atoms with Crippen LogP contribution in [0.5, 0.6) is 0 Å². The van der Waals surface area contributed by atoms with Gasteiger partial charge >= 0.3 is 0 Å². The number of aryl methyl sites for hydroxylation is 2. The van der Waals surface area contributed by atoms with Crippen molar-refractivity contribution in [1.29, 1.82) is 0 Å². The van der Waals surface area contributed by atoms with Crippen LogP contribution in [0, 0.1) is 13.8 Å². The molecular weight excluding hydrogens is 540 g/mol. The van der Waals surface area contributed by atoms with Gasteiger partial charge in [-0.05, 0) is 66.1 Å². The summed E-state index contributed by atoms with van der Waals surface area (Å²) in [6.07, 6.45) is 30.6. The van der Waals surface area contributed by atoms with Crippen LogP contribution in [0.4, 0.5) is 0 Å². The average Bonchev–Trinajstić information content (AvgIpc) is 3.31. The minimum absolute atomic E-state index is 0.150. The van der Waals surface area contributed by atoms with E-state index in [2.05, 4.69) is 88.4 Å². The van der Waals surface area contributed by atoms with Gasteiger partial charge in [0.15, 0.2) is 0 Å². The van der Waals surface area contributed by atoms with Gasteiger partial charge in [0.25, 0.3) is 0 Å². The van der Waals surface area contributed by atoms with Crippen molar-refractivity contribution in [3.05, 3.63) is 82.9 Å². The molecule has 0 spiro atoms. The summed E-state index contributed by atoms with van der Waals surface area (Å²) < 4.78 is 0. The molecule has 45 heavy (non-hydrogen) atoms. The van der Waals surface area contributed by atoms with Crippen molar-refractivity contribution in [3.8, 4) is 22.3 Å². The molecule has 0 saturated carbocycles. The van der Waals surface area contributed by atoms with Gasteiger partial charge < -0.3 is 0 Å². The number of rotatable bonds is 23. The van der Waals surface area contributed by atoms with Crippen LogP contribution in [-0.4, -0.2) is 0 Å². The quantitative estimate of drug-likeness (QED) is 0.0942. The van der Waals surface area contributed by atoms with Gasteiger partial charge in [0.1, 0.15) is 0 Å². The highest BCUT2D eigenvalue weighted by molar-refractivity contribution is 5.84. The Kier molecular flexibility index (Phi) is 15.3. The van der Waals surface area contributed by atoms with Crippen molar-refractivity contribution in [2.45, 2.75) is 174 Å². The summed E-state index contributed by atoms with van der Waals surface area (Å²) in [5, 5.41) is 0. The minimum Gasteiger partial charge on any atom is -0.0654 e. The first-order chi connectivity index (χ1) is 22.1. The van der Waals surface area contributed by atoms with E-state index in [-0.39, 0.29) is 5.41 Å². The zero-order chi connectivity index (χ0) is 31.7. The van der Waals surface area contributed by atoms with Gasteiger partial charge in [0, 0.05) is 5.41 Å². The Labute approximate surface area is 278 Å². The highest BCUT2D eigenvalue weighted by Gasteiger charge is 2.42. The summed E-state index contributed by atoms with van der Waals surface area (Å²) in [6.45, 7) is 9.15. The third kappa shape index (κ3) is 10.3. The van der Waals surface area contributed by atoms with Crippen LogP contribution in [-0.2, 0) is 5.41 Å². The van der Waals surface area contributed by atoms with Gasteiger partial charge in [-0.1, -0.05) is 208 Å². The topological polar surface area (TPSA) is 0 Å². The number of hydrogen-bond acceptors (Lipinski definition) is 0. The lowest BCUT2D eigenvalue weighted by Crippen LogP contribution is -2.25. The standard InChI is InChI=1S/C45H66/c1-5-7-9-11-13-15-17-19-21-23-32-45(33-24-22-20-18-16-14-12-10-8-6-2)43-35-38(4)28-30-41(43)42-31-29-40(36-44(42)45)39-27-25-26-37(3)34-39/h25-31,34-36H,5-24,32-33H2,1-4H3. The van der Waals surface area contributed by atoms with Crippen LogP contribution in [0.15, 0.2) is 60.7 Å². The molecule has 4 rings (SSSR count). The monoisotopic (exact) mass is 607 g/mol. The highest BCUT2D eigenvalue weighted by Crippen LogP contribution is 2.55. The van der Waals surface area contributed by atoms with Crippen molar-refractivity contribution in [1.82, 2.24) is 0 Å². The number of benzene rings is 3. The third-order valence-electron chi connectivity index (χ3n) is 10.8. The first kappa shape index (κ1) is 35.5. The van der Waals surface area contributed by atoms with E-state index in [0.29, 0.717) is 0 Å². The Bertz CT molecular complexity index is 1240. The van der Waals surface area contributed by atoms with E-state index in [4.69, 9.17) is 0 Å². The largest absolute Gasteiger partial charge is 0.0654 e. The van der Waals surface area contributed by atoms with Gasteiger partial charge in [0.05, 0.1) is 0 Å². The molecule has 0 saturated heterocycles. The van der Waals surface area contributed by atoms with E-state index in [1.165, 1.54) is 175 Å². The molecular formula is C45H66. The highest BCUT2D eigenvalue weighted by atomic mass is 14.4. The van der Waals surface area contributed by atoms with Crippen LogP contribution < -0.4 is 0 Å². The first-order valence-electron chi connectivity index (χ1n) is 19.4. The van der Waals surface area contributed by atoms with Crippen LogP contribution >= 0.6 is 0 Å². The second-order valence-corrected chi connectivity index (χ2v) is 14.6. The van der Waals surface area contributed by atoms with Crippen LogP contribution in [0.3, 0.4) is 0 Å². The smallest absolute Gasteiger partial charge is 0.0215 e. The van der Waals surface area contributed by atoms with E-state index >= 15 is 0 Å². The van der Waals surface area contributed by atoms with Crippen LogP contribution in [0.25, 0.3) is 22.3 Å². The Morgan fingerprint density at radius 1 is 0.400 bits per heavy atom. The molecule has 0 aromatic heterocycles. The maximum absolute atomic E-state index is 2.60. The van der Waals surface area contributed by atoms with Gasteiger partial charge in [-0.2, -0.15) is 0 Å². The Morgan fingerprint density at radius 2 is 0.822 bits per heavy atom. The second kappa shape index (κ2) is 19.4. The fourth-order valence-electron chi connectivity index (χ4n) is 8.11. The Morgan fingerprint density at radius 3 is 1.33 bits per heavy atom. The lowest BCUT2D eigenvalue weighted by atomic mass is 9.70. The van der Waals surface area contributed by atoms with Gasteiger partial charge in [0.2, 0.25) is 0 Å². The lowest BCUT2D eigenvalue weighted by Gasteiger charge is -2.33. The van der Waals surface area contributed by atoms with E-state index in [0.717, 1.165) is 0 Å². The minimum atomic E-state index is 0.150. The second-order valence-electron chi connectivity index (χ2n) is 14.6. The van der Waals surface area contributed by atoms with Crippen molar-refractivity contribution in [3.63, 3.8) is 0 Å². The summed E-state index contributed by atoms with van der Waals surface area (Å²) in [4.78, 5) is 0. The van der Waals surface area contributed by atoms with E-state index in [9.17, 15) is 0 Å². The number of unbranched alkanes of at least 4 members (excludes halogenated alkanes) is 18. The maximum atomic E-state index is 2.60. The lowest BCUT2D eigenvalue weighted by molar-refractivity contribution is 0.397. The summed E-state index contributed by atoms with van der Waals surface area (Å²) >= 11 is 0. The first-order valence-corrected chi connectivity index (χ1v) is 19.4. The fourth-order valence-corrected chi connectivity index (χ4v) is 8.11. The predicted octanol–water partition coefficient (Wildman–Crippen LogP) is 14.9. The molecule has 0 nitrogen and oxygen atoms in total. The molecule has 0 unspecified atom stereocenters. The molecule has 0 amide bonds. The Hall–Kier alpha value is -2.34. The average molecular weight is 607 g/mol. The predicted molar refractivity (Wildman–Crippen MR) is 200 cm³/mol. The van der Waals surface area contributed by atoms with Crippen LogP contribution in [0.2, 0.25) is 0 Å². The van der Waals surface area contributed by atoms with Crippen molar-refractivity contribution >= 4 is 0 Å². The van der Waals surface area contributed by atoms with E-state index < -0.39 is 0 Å². The molecule has 0 bridgehead atoms. The van der Waals surface area contributed by atoms with Crippen molar-refractivity contribution < 1.29 is 0 Å². The van der Waals surface area contributed by atoms with Crippen molar-refractivity contribution in [2.24, 2.45) is 0 Å². The van der Waals surface area contributed by atoms with Gasteiger partial charge in [-0.15, -0.1) is 0 Å².